The third kappa shape index (κ3) is 2.67. The molecule has 66 valence electrons. The van der Waals surface area contributed by atoms with Crippen molar-refractivity contribution in [1.82, 2.24) is 5.32 Å². The summed E-state index contributed by atoms with van der Waals surface area (Å²) >= 11 is 0. The van der Waals surface area contributed by atoms with Crippen LogP contribution in [0.3, 0.4) is 0 Å². The van der Waals surface area contributed by atoms with Gasteiger partial charge >= 0.3 is 0 Å². The minimum atomic E-state index is 0.965. The van der Waals surface area contributed by atoms with Crippen molar-refractivity contribution in [2.75, 3.05) is 13.6 Å². The third-order valence-corrected chi connectivity index (χ3v) is 2.13. The molecule has 0 radical (unpaired) electrons. The van der Waals surface area contributed by atoms with Gasteiger partial charge < -0.3 is 5.32 Å². The molecule has 0 bridgehead atoms. The average Bonchev–Trinajstić information content (AvgIpc) is 2.15. The van der Waals surface area contributed by atoms with Crippen molar-refractivity contribution in [3.05, 3.63) is 35.5 Å². The predicted octanol–water partition coefficient (Wildman–Crippen LogP) is 2.43. The normalized spacial score (nSPS) is 17.8. The monoisotopic (exact) mass is 163 g/mol. The Hall–Kier alpha value is -0.820. The van der Waals surface area contributed by atoms with Crippen molar-refractivity contribution in [1.29, 1.82) is 0 Å². The van der Waals surface area contributed by atoms with Gasteiger partial charge in [-0.05, 0) is 32.4 Å². The number of hydrogen-bond donors (Lipinski definition) is 1. The van der Waals surface area contributed by atoms with Gasteiger partial charge in [-0.1, -0.05) is 29.9 Å². The molecule has 1 aliphatic carbocycles. The van der Waals surface area contributed by atoms with Gasteiger partial charge in [-0.3, -0.25) is 0 Å². The lowest BCUT2D eigenvalue weighted by atomic mass is 9.98. The maximum absolute atomic E-state index is 3.12. The Morgan fingerprint density at radius 3 is 3.08 bits per heavy atom. The molecule has 1 aliphatic rings. The van der Waals surface area contributed by atoms with Crippen molar-refractivity contribution in [2.45, 2.75) is 19.8 Å². The molecule has 0 amide bonds. The largest absolute Gasteiger partial charge is 0.316 e. The third-order valence-electron chi connectivity index (χ3n) is 2.13. The van der Waals surface area contributed by atoms with Gasteiger partial charge in [-0.25, -0.2) is 0 Å². The molecule has 0 aliphatic heterocycles. The van der Waals surface area contributed by atoms with Crippen LogP contribution in [-0.4, -0.2) is 13.6 Å². The first-order valence-corrected chi connectivity index (χ1v) is 4.52. The Morgan fingerprint density at radius 1 is 1.67 bits per heavy atom. The summed E-state index contributed by atoms with van der Waals surface area (Å²) in [6.07, 6.45) is 11.2. The second-order valence-corrected chi connectivity index (χ2v) is 3.10. The van der Waals surface area contributed by atoms with E-state index in [2.05, 4.69) is 36.5 Å². The lowest BCUT2D eigenvalue weighted by Crippen LogP contribution is -2.05. The van der Waals surface area contributed by atoms with E-state index >= 15 is 0 Å². The highest BCUT2D eigenvalue weighted by Gasteiger charge is 2.00. The van der Waals surface area contributed by atoms with E-state index in [4.69, 9.17) is 0 Å². The van der Waals surface area contributed by atoms with E-state index in [0.29, 0.717) is 0 Å². The lowest BCUT2D eigenvalue weighted by Gasteiger charge is -2.09. The first kappa shape index (κ1) is 9.27. The Bertz CT molecular complexity index is 221. The molecular formula is C11H17N. The standard InChI is InChI=1S/C11H17N/c1-10(8-9-12-2)11-6-4-3-5-7-11/h3-4,6,8,12H,5,7,9H2,1-2H3/b10-8+. The van der Waals surface area contributed by atoms with E-state index in [9.17, 15) is 0 Å². The summed E-state index contributed by atoms with van der Waals surface area (Å²) in [5, 5.41) is 3.12. The molecule has 0 aromatic carbocycles. The molecule has 0 atom stereocenters. The topological polar surface area (TPSA) is 12.0 Å². The molecule has 0 saturated heterocycles. The summed E-state index contributed by atoms with van der Waals surface area (Å²) in [5.41, 5.74) is 2.89. The maximum atomic E-state index is 3.12. The van der Waals surface area contributed by atoms with Gasteiger partial charge in [0.15, 0.2) is 0 Å². The molecular weight excluding hydrogens is 146 g/mol. The maximum Gasteiger partial charge on any atom is 0.0137 e. The van der Waals surface area contributed by atoms with Crippen LogP contribution in [0, 0.1) is 0 Å². The first-order chi connectivity index (χ1) is 5.84. The lowest BCUT2D eigenvalue weighted by molar-refractivity contribution is 0.904. The number of allylic oxidation sites excluding steroid dienone is 5. The molecule has 0 aromatic rings. The highest BCUT2D eigenvalue weighted by molar-refractivity contribution is 5.34. The van der Waals surface area contributed by atoms with E-state index in [-0.39, 0.29) is 0 Å². The fraction of sp³-hybridized carbons (Fsp3) is 0.455. The Labute approximate surface area is 74.9 Å². The Balaban J connectivity index is 2.56. The van der Waals surface area contributed by atoms with E-state index in [1.54, 1.807) is 0 Å². The second-order valence-electron chi connectivity index (χ2n) is 3.10. The number of nitrogens with one attached hydrogen (secondary N) is 1. The van der Waals surface area contributed by atoms with Crippen molar-refractivity contribution >= 4 is 0 Å². The zero-order chi connectivity index (χ0) is 8.81. The summed E-state index contributed by atoms with van der Waals surface area (Å²) in [6.45, 7) is 3.15. The van der Waals surface area contributed by atoms with Crippen molar-refractivity contribution in [3.63, 3.8) is 0 Å². The molecule has 1 N–H and O–H groups in total. The Morgan fingerprint density at radius 2 is 2.50 bits per heavy atom. The SMILES string of the molecule is CNC/C=C(\C)C1=CC=CCC1. The molecule has 1 heteroatoms. The van der Waals surface area contributed by atoms with Crippen LogP contribution in [0.2, 0.25) is 0 Å². The quantitative estimate of drug-likeness (QED) is 0.673. The molecule has 0 saturated carbocycles. The molecule has 0 fully saturated rings. The zero-order valence-electron chi connectivity index (χ0n) is 7.93. The van der Waals surface area contributed by atoms with Crippen LogP contribution in [0.15, 0.2) is 35.5 Å². The number of hydrogen-bond acceptors (Lipinski definition) is 1. The number of rotatable bonds is 3. The van der Waals surface area contributed by atoms with Crippen LogP contribution >= 0.6 is 0 Å². The summed E-state index contributed by atoms with van der Waals surface area (Å²) in [7, 11) is 1.97. The van der Waals surface area contributed by atoms with E-state index in [1.807, 2.05) is 7.05 Å². The fourth-order valence-corrected chi connectivity index (χ4v) is 1.32. The van der Waals surface area contributed by atoms with E-state index in [0.717, 1.165) is 6.54 Å². The van der Waals surface area contributed by atoms with E-state index < -0.39 is 0 Å². The average molecular weight is 163 g/mol. The smallest absolute Gasteiger partial charge is 0.0137 e. The van der Waals surface area contributed by atoms with Gasteiger partial charge in [-0.2, -0.15) is 0 Å². The Kier molecular flexibility index (Phi) is 3.81. The molecule has 0 heterocycles. The summed E-state index contributed by atoms with van der Waals surface area (Å²) < 4.78 is 0. The summed E-state index contributed by atoms with van der Waals surface area (Å²) in [6, 6.07) is 0. The molecule has 1 nitrogen and oxygen atoms in total. The molecule has 12 heavy (non-hydrogen) atoms. The van der Waals surface area contributed by atoms with Gasteiger partial charge in [0, 0.05) is 6.54 Å². The van der Waals surface area contributed by atoms with Crippen LogP contribution < -0.4 is 5.32 Å². The number of likely N-dealkylation sites (N-methyl/N-ethyl adjacent to an activating group) is 1. The van der Waals surface area contributed by atoms with Crippen LogP contribution in [0.5, 0.6) is 0 Å². The minimum Gasteiger partial charge on any atom is -0.316 e. The van der Waals surface area contributed by atoms with Gasteiger partial charge in [-0.15, -0.1) is 0 Å². The highest BCUT2D eigenvalue weighted by atomic mass is 14.8. The zero-order valence-corrected chi connectivity index (χ0v) is 7.93. The van der Waals surface area contributed by atoms with Gasteiger partial charge in [0.1, 0.15) is 0 Å². The molecule has 0 unspecified atom stereocenters. The van der Waals surface area contributed by atoms with Crippen LogP contribution in [0.25, 0.3) is 0 Å². The fourth-order valence-electron chi connectivity index (χ4n) is 1.32. The van der Waals surface area contributed by atoms with Gasteiger partial charge in [0.05, 0.1) is 0 Å². The molecule has 0 spiro atoms. The van der Waals surface area contributed by atoms with Crippen molar-refractivity contribution in [3.8, 4) is 0 Å². The van der Waals surface area contributed by atoms with Crippen molar-refractivity contribution < 1.29 is 0 Å². The molecule has 0 aromatic heterocycles. The minimum absolute atomic E-state index is 0.965. The van der Waals surface area contributed by atoms with Crippen LogP contribution in [0.4, 0.5) is 0 Å². The van der Waals surface area contributed by atoms with Gasteiger partial charge in [0.2, 0.25) is 0 Å². The van der Waals surface area contributed by atoms with Crippen LogP contribution in [0.1, 0.15) is 19.8 Å². The van der Waals surface area contributed by atoms with Gasteiger partial charge in [0.25, 0.3) is 0 Å². The first-order valence-electron chi connectivity index (χ1n) is 4.52. The second kappa shape index (κ2) is 4.94. The van der Waals surface area contributed by atoms with Crippen LogP contribution in [-0.2, 0) is 0 Å². The summed E-state index contributed by atoms with van der Waals surface area (Å²) in [5.74, 6) is 0. The highest BCUT2D eigenvalue weighted by Crippen LogP contribution is 2.19. The van der Waals surface area contributed by atoms with E-state index in [1.165, 1.54) is 24.0 Å². The predicted molar refractivity (Wildman–Crippen MR) is 54.1 cm³/mol. The van der Waals surface area contributed by atoms with Crippen molar-refractivity contribution in [2.24, 2.45) is 0 Å². The summed E-state index contributed by atoms with van der Waals surface area (Å²) in [4.78, 5) is 0. The molecule has 1 rings (SSSR count).